The van der Waals surface area contributed by atoms with Gasteiger partial charge in [0.1, 0.15) is 5.54 Å². The summed E-state index contributed by atoms with van der Waals surface area (Å²) in [6.07, 6.45) is 3.04. The molecule has 0 bridgehead atoms. The predicted octanol–water partition coefficient (Wildman–Crippen LogP) is 0.818. The van der Waals surface area contributed by atoms with E-state index in [9.17, 15) is 4.79 Å². The fourth-order valence-corrected chi connectivity index (χ4v) is 2.86. The largest absolute Gasteiger partial charge is 0.368 e. The van der Waals surface area contributed by atoms with Crippen LogP contribution in [-0.2, 0) is 4.79 Å². The van der Waals surface area contributed by atoms with E-state index in [1.54, 1.807) is 0 Å². The Balaban J connectivity index is 2.65. The fourth-order valence-electron chi connectivity index (χ4n) is 2.86. The van der Waals surface area contributed by atoms with Gasteiger partial charge in [-0.25, -0.2) is 0 Å². The molecule has 3 unspecified atom stereocenters. The molecule has 3 N–H and O–H groups in total. The molecule has 4 heteroatoms. The van der Waals surface area contributed by atoms with E-state index < -0.39 is 5.54 Å². The highest BCUT2D eigenvalue weighted by Gasteiger charge is 2.44. The Morgan fingerprint density at radius 3 is 2.59 bits per heavy atom. The van der Waals surface area contributed by atoms with E-state index in [1.807, 2.05) is 14.1 Å². The number of rotatable bonds is 5. The number of carbonyl (C=O) groups is 1. The molecule has 0 saturated heterocycles. The van der Waals surface area contributed by atoms with Crippen molar-refractivity contribution in [2.45, 2.75) is 38.6 Å². The van der Waals surface area contributed by atoms with E-state index >= 15 is 0 Å². The highest BCUT2D eigenvalue weighted by atomic mass is 16.1. The molecule has 0 heterocycles. The van der Waals surface area contributed by atoms with Crippen LogP contribution in [0.4, 0.5) is 0 Å². The molecule has 0 aliphatic heterocycles. The van der Waals surface area contributed by atoms with Gasteiger partial charge in [0.2, 0.25) is 5.91 Å². The van der Waals surface area contributed by atoms with E-state index in [2.05, 4.69) is 24.1 Å². The Morgan fingerprint density at radius 2 is 2.12 bits per heavy atom. The molecule has 1 aliphatic rings. The van der Waals surface area contributed by atoms with Crippen molar-refractivity contribution in [3.05, 3.63) is 0 Å². The first-order chi connectivity index (χ1) is 7.88. The third kappa shape index (κ3) is 3.42. The molecule has 0 aromatic carbocycles. The van der Waals surface area contributed by atoms with Crippen LogP contribution in [0.1, 0.15) is 33.1 Å². The third-order valence-electron chi connectivity index (χ3n) is 4.07. The van der Waals surface area contributed by atoms with Crippen LogP contribution in [0.5, 0.6) is 0 Å². The maximum Gasteiger partial charge on any atom is 0.238 e. The first-order valence-corrected chi connectivity index (χ1v) is 6.58. The first kappa shape index (κ1) is 14.5. The summed E-state index contributed by atoms with van der Waals surface area (Å²) in [5.74, 6) is 0.842. The third-order valence-corrected chi connectivity index (χ3v) is 4.07. The predicted molar refractivity (Wildman–Crippen MR) is 70.7 cm³/mol. The van der Waals surface area contributed by atoms with E-state index in [-0.39, 0.29) is 5.91 Å². The van der Waals surface area contributed by atoms with Crippen molar-refractivity contribution in [3.63, 3.8) is 0 Å². The van der Waals surface area contributed by atoms with Gasteiger partial charge in [-0.3, -0.25) is 4.79 Å². The number of hydrogen-bond acceptors (Lipinski definition) is 3. The molecule has 1 amide bonds. The lowest BCUT2D eigenvalue weighted by Crippen LogP contribution is -2.62. The highest BCUT2D eigenvalue weighted by Crippen LogP contribution is 2.36. The van der Waals surface area contributed by atoms with Crippen molar-refractivity contribution in [2.24, 2.45) is 17.6 Å². The summed E-state index contributed by atoms with van der Waals surface area (Å²) in [5.41, 5.74) is 5.16. The number of nitrogens with two attached hydrogens (primary N) is 1. The van der Waals surface area contributed by atoms with E-state index in [0.717, 1.165) is 32.4 Å². The highest BCUT2D eigenvalue weighted by molar-refractivity contribution is 5.85. The first-order valence-electron chi connectivity index (χ1n) is 6.58. The standard InChI is InChI=1S/C13H27N3O/c1-10-5-6-13(12(14)17,11(2)9-10)15-7-8-16(3)4/h10-11,15H,5-9H2,1-4H3,(H2,14,17). The van der Waals surface area contributed by atoms with Gasteiger partial charge < -0.3 is 16.0 Å². The van der Waals surface area contributed by atoms with Gasteiger partial charge in [0.25, 0.3) is 0 Å². The molecule has 1 aliphatic carbocycles. The number of nitrogens with zero attached hydrogens (tertiary/aromatic N) is 1. The monoisotopic (exact) mass is 241 g/mol. The Morgan fingerprint density at radius 1 is 1.47 bits per heavy atom. The molecular weight excluding hydrogens is 214 g/mol. The van der Waals surface area contributed by atoms with E-state index in [0.29, 0.717) is 11.8 Å². The quantitative estimate of drug-likeness (QED) is 0.749. The van der Waals surface area contributed by atoms with Crippen LogP contribution < -0.4 is 11.1 Å². The molecule has 4 nitrogen and oxygen atoms in total. The summed E-state index contributed by atoms with van der Waals surface area (Å²) in [6, 6.07) is 0. The van der Waals surface area contributed by atoms with Gasteiger partial charge in [0.05, 0.1) is 0 Å². The van der Waals surface area contributed by atoms with Gasteiger partial charge in [-0.1, -0.05) is 13.8 Å². The molecule has 1 rings (SSSR count). The summed E-state index contributed by atoms with van der Waals surface area (Å²) in [7, 11) is 4.07. The van der Waals surface area contributed by atoms with Crippen molar-refractivity contribution in [3.8, 4) is 0 Å². The molecular formula is C13H27N3O. The van der Waals surface area contributed by atoms with Crippen LogP contribution in [0.3, 0.4) is 0 Å². The number of likely N-dealkylation sites (N-methyl/N-ethyl adjacent to an activating group) is 1. The van der Waals surface area contributed by atoms with Crippen LogP contribution in [0.25, 0.3) is 0 Å². The Bertz CT molecular complexity index is 267. The Kier molecular flexibility index (Phi) is 4.95. The summed E-state index contributed by atoms with van der Waals surface area (Å²) in [5, 5.41) is 3.42. The van der Waals surface area contributed by atoms with Gasteiger partial charge in [0, 0.05) is 13.1 Å². The maximum atomic E-state index is 11.8. The second-order valence-electron chi connectivity index (χ2n) is 5.85. The van der Waals surface area contributed by atoms with Crippen molar-refractivity contribution < 1.29 is 4.79 Å². The van der Waals surface area contributed by atoms with Crippen LogP contribution in [0, 0.1) is 11.8 Å². The maximum absolute atomic E-state index is 11.8. The minimum Gasteiger partial charge on any atom is -0.368 e. The average molecular weight is 241 g/mol. The average Bonchev–Trinajstić information content (AvgIpc) is 2.20. The smallest absolute Gasteiger partial charge is 0.238 e. The van der Waals surface area contributed by atoms with Gasteiger partial charge in [0.15, 0.2) is 0 Å². The topological polar surface area (TPSA) is 58.4 Å². The van der Waals surface area contributed by atoms with Crippen LogP contribution >= 0.6 is 0 Å². The summed E-state index contributed by atoms with van der Waals surface area (Å²) in [6.45, 7) is 6.14. The Hall–Kier alpha value is -0.610. The molecule has 1 saturated carbocycles. The molecule has 1 fully saturated rings. The zero-order valence-corrected chi connectivity index (χ0v) is 11.6. The SMILES string of the molecule is CC1CCC(NCCN(C)C)(C(N)=O)C(C)C1. The van der Waals surface area contributed by atoms with E-state index in [4.69, 9.17) is 5.73 Å². The molecule has 100 valence electrons. The van der Waals surface area contributed by atoms with Crippen LogP contribution in [-0.4, -0.2) is 43.5 Å². The molecule has 0 aromatic heterocycles. The van der Waals surface area contributed by atoms with Crippen LogP contribution in [0.2, 0.25) is 0 Å². The lowest BCUT2D eigenvalue weighted by Gasteiger charge is -2.43. The molecule has 0 aromatic rings. The summed E-state index contributed by atoms with van der Waals surface area (Å²) >= 11 is 0. The van der Waals surface area contributed by atoms with Crippen molar-refractivity contribution >= 4 is 5.91 Å². The summed E-state index contributed by atoms with van der Waals surface area (Å²) in [4.78, 5) is 13.9. The van der Waals surface area contributed by atoms with E-state index in [1.165, 1.54) is 0 Å². The van der Waals surface area contributed by atoms with Crippen molar-refractivity contribution in [1.82, 2.24) is 10.2 Å². The summed E-state index contributed by atoms with van der Waals surface area (Å²) < 4.78 is 0. The molecule has 3 atom stereocenters. The lowest BCUT2D eigenvalue weighted by molar-refractivity contribution is -0.128. The molecule has 0 radical (unpaired) electrons. The molecule has 0 spiro atoms. The lowest BCUT2D eigenvalue weighted by atomic mass is 9.69. The van der Waals surface area contributed by atoms with Crippen LogP contribution in [0.15, 0.2) is 0 Å². The second-order valence-corrected chi connectivity index (χ2v) is 5.85. The fraction of sp³-hybridized carbons (Fsp3) is 0.923. The van der Waals surface area contributed by atoms with Crippen molar-refractivity contribution in [1.29, 1.82) is 0 Å². The normalized spacial score (nSPS) is 33.9. The zero-order chi connectivity index (χ0) is 13.1. The number of primary amides is 1. The van der Waals surface area contributed by atoms with Gasteiger partial charge in [-0.15, -0.1) is 0 Å². The van der Waals surface area contributed by atoms with Gasteiger partial charge >= 0.3 is 0 Å². The van der Waals surface area contributed by atoms with Gasteiger partial charge in [-0.05, 0) is 45.2 Å². The number of amides is 1. The number of nitrogens with one attached hydrogen (secondary N) is 1. The minimum atomic E-state index is -0.484. The van der Waals surface area contributed by atoms with Gasteiger partial charge in [-0.2, -0.15) is 0 Å². The molecule has 17 heavy (non-hydrogen) atoms. The second kappa shape index (κ2) is 5.83. The minimum absolute atomic E-state index is 0.185. The Labute approximate surface area is 105 Å². The number of hydrogen-bond donors (Lipinski definition) is 2. The zero-order valence-electron chi connectivity index (χ0n) is 11.6. The van der Waals surface area contributed by atoms with Crippen molar-refractivity contribution in [2.75, 3.05) is 27.2 Å². The number of carbonyl (C=O) groups excluding carboxylic acids is 1.